The van der Waals surface area contributed by atoms with Gasteiger partial charge >= 0.3 is 0 Å². The number of carbonyl (C=O) groups is 1. The molecule has 0 aliphatic heterocycles. The molecule has 0 bridgehead atoms. The predicted octanol–water partition coefficient (Wildman–Crippen LogP) is 20.3. The van der Waals surface area contributed by atoms with Crippen LogP contribution >= 0.6 is 0 Å². The summed E-state index contributed by atoms with van der Waals surface area (Å²) in [5, 5.41) is 44.1. The van der Waals surface area contributed by atoms with Crippen molar-refractivity contribution in [2.75, 3.05) is 6.61 Å². The molecule has 0 heterocycles. The van der Waals surface area contributed by atoms with Gasteiger partial charge in [0.2, 0.25) is 5.91 Å². The molecule has 0 aromatic heterocycles. The minimum atomic E-state index is -1.30. The second kappa shape index (κ2) is 62.8. The van der Waals surface area contributed by atoms with Crippen LogP contribution in [-0.4, -0.2) is 57.3 Å². The van der Waals surface area contributed by atoms with Gasteiger partial charge in [0.15, 0.2) is 0 Å². The zero-order valence-electron chi connectivity index (χ0n) is 50.0. The number of nitrogens with one attached hydrogen (secondary N) is 1. The Labute approximate surface area is 467 Å². The van der Waals surface area contributed by atoms with Gasteiger partial charge in [0, 0.05) is 0 Å². The molecule has 0 aromatic carbocycles. The molecule has 6 nitrogen and oxygen atoms in total. The number of amides is 1. The second-order valence-electron chi connectivity index (χ2n) is 22.8. The van der Waals surface area contributed by atoms with Crippen LogP contribution in [0.3, 0.4) is 0 Å². The molecule has 0 fully saturated rings. The number of aliphatic hydroxyl groups is 4. The van der Waals surface area contributed by atoms with E-state index in [0.717, 1.165) is 57.8 Å². The van der Waals surface area contributed by atoms with Crippen LogP contribution in [0.5, 0.6) is 0 Å². The molecule has 0 rings (SSSR count). The quantitative estimate of drug-likeness (QED) is 0.0308. The SMILES string of the molecule is CCCCCCCCCCC/C=C\C/C=C\CCCCCCCCCCCCCCCCC(O)C(=O)NC(CO)C(O)C(O)CCC/C=C/CC/C=C/CC/C=C/CCCCCCCCCCCCCCCCCC. The van der Waals surface area contributed by atoms with Crippen LogP contribution in [-0.2, 0) is 4.79 Å². The van der Waals surface area contributed by atoms with Crippen molar-refractivity contribution < 1.29 is 25.2 Å². The summed E-state index contributed by atoms with van der Waals surface area (Å²) in [6.45, 7) is 4.08. The number of rotatable bonds is 61. The van der Waals surface area contributed by atoms with Gasteiger partial charge in [-0.05, 0) is 96.3 Å². The largest absolute Gasteiger partial charge is 0.394 e. The van der Waals surface area contributed by atoms with E-state index in [9.17, 15) is 25.2 Å². The Hall–Kier alpha value is -1.99. The number of unbranched alkanes of at least 4 members (excludes halogenated alkanes) is 42. The van der Waals surface area contributed by atoms with E-state index in [1.54, 1.807) is 0 Å². The van der Waals surface area contributed by atoms with Crippen LogP contribution in [0.25, 0.3) is 0 Å². The van der Waals surface area contributed by atoms with Crippen molar-refractivity contribution in [1.82, 2.24) is 5.32 Å². The summed E-state index contributed by atoms with van der Waals surface area (Å²) >= 11 is 0. The first-order valence-corrected chi connectivity index (χ1v) is 33.2. The number of allylic oxidation sites excluding steroid dienone is 10. The van der Waals surface area contributed by atoms with E-state index in [1.165, 1.54) is 250 Å². The van der Waals surface area contributed by atoms with E-state index >= 15 is 0 Å². The standard InChI is InChI=1S/C69H129NO5/c1-3-5-7-9-11-13-15-17-19-21-23-25-27-29-31-33-35-37-39-41-43-45-47-49-51-53-55-57-59-61-63-67(73)69(75)70-65(64-71)68(74)66(72)62-60-58-56-54-52-50-48-46-44-42-40-38-36-34-32-30-28-26-24-22-20-18-16-14-12-10-8-6-4-2/h23,25,29,31,38,40,46,48,54,56,65-68,71-74H,3-22,24,26-28,30,32-37,39,41-45,47,49-53,55,57-64H2,1-2H3,(H,70,75)/b25-23-,31-29-,40-38+,48-46+,56-54+. The van der Waals surface area contributed by atoms with Crippen LogP contribution < -0.4 is 5.32 Å². The van der Waals surface area contributed by atoms with Crippen LogP contribution in [0.2, 0.25) is 0 Å². The summed E-state index contributed by atoms with van der Waals surface area (Å²) in [6, 6.07) is -1.02. The van der Waals surface area contributed by atoms with Gasteiger partial charge < -0.3 is 25.7 Å². The van der Waals surface area contributed by atoms with E-state index in [1.807, 2.05) is 0 Å². The van der Waals surface area contributed by atoms with Gasteiger partial charge in [0.05, 0.1) is 18.8 Å². The van der Waals surface area contributed by atoms with E-state index in [-0.39, 0.29) is 0 Å². The highest BCUT2D eigenvalue weighted by Crippen LogP contribution is 2.18. The molecular formula is C69H129NO5. The van der Waals surface area contributed by atoms with E-state index < -0.39 is 36.9 Å². The molecule has 0 aliphatic rings. The molecule has 0 saturated carbocycles. The first kappa shape index (κ1) is 73.0. The maximum absolute atomic E-state index is 12.6. The minimum Gasteiger partial charge on any atom is -0.394 e. The van der Waals surface area contributed by atoms with E-state index in [0.29, 0.717) is 19.3 Å². The average molecular weight is 1050 g/mol. The van der Waals surface area contributed by atoms with Crippen LogP contribution in [0.1, 0.15) is 341 Å². The maximum atomic E-state index is 12.6. The first-order chi connectivity index (χ1) is 37.0. The molecule has 6 heteroatoms. The Bertz CT molecular complexity index is 1270. The second-order valence-corrected chi connectivity index (χ2v) is 22.8. The Morgan fingerprint density at radius 3 is 0.920 bits per heavy atom. The third kappa shape index (κ3) is 56.5. The number of hydrogen-bond donors (Lipinski definition) is 5. The van der Waals surface area contributed by atoms with Gasteiger partial charge in [0.25, 0.3) is 0 Å². The summed E-state index contributed by atoms with van der Waals surface area (Å²) in [5.74, 6) is -0.597. The highest BCUT2D eigenvalue weighted by atomic mass is 16.3. The lowest BCUT2D eigenvalue weighted by molar-refractivity contribution is -0.132. The van der Waals surface area contributed by atoms with Crippen LogP contribution in [0.15, 0.2) is 60.8 Å². The fourth-order valence-corrected chi connectivity index (χ4v) is 10.2. The molecule has 0 aromatic rings. The molecule has 75 heavy (non-hydrogen) atoms. The topological polar surface area (TPSA) is 110 Å². The van der Waals surface area contributed by atoms with Crippen molar-refractivity contribution >= 4 is 5.91 Å². The molecule has 0 spiro atoms. The lowest BCUT2D eigenvalue weighted by Gasteiger charge is -2.27. The molecule has 4 unspecified atom stereocenters. The maximum Gasteiger partial charge on any atom is 0.249 e. The van der Waals surface area contributed by atoms with Crippen LogP contribution in [0.4, 0.5) is 0 Å². The zero-order chi connectivity index (χ0) is 54.4. The van der Waals surface area contributed by atoms with Gasteiger partial charge in [-0.25, -0.2) is 0 Å². The van der Waals surface area contributed by atoms with Gasteiger partial charge in [-0.1, -0.05) is 306 Å². The predicted molar refractivity (Wildman–Crippen MR) is 330 cm³/mol. The van der Waals surface area contributed by atoms with E-state index in [2.05, 4.69) is 79.9 Å². The van der Waals surface area contributed by atoms with Gasteiger partial charge in [-0.2, -0.15) is 0 Å². The van der Waals surface area contributed by atoms with Gasteiger partial charge in [-0.15, -0.1) is 0 Å². The highest BCUT2D eigenvalue weighted by Gasteiger charge is 2.28. The Kier molecular flexibility index (Phi) is 61.2. The number of aliphatic hydroxyl groups excluding tert-OH is 4. The van der Waals surface area contributed by atoms with Crippen molar-refractivity contribution in [3.05, 3.63) is 60.8 Å². The zero-order valence-corrected chi connectivity index (χ0v) is 50.0. The molecule has 0 radical (unpaired) electrons. The lowest BCUT2D eigenvalue weighted by Crippen LogP contribution is -2.53. The van der Waals surface area contributed by atoms with Gasteiger partial charge in [0.1, 0.15) is 12.2 Å². The van der Waals surface area contributed by atoms with Crippen LogP contribution in [0, 0.1) is 0 Å². The normalized spacial score (nSPS) is 13.9. The Balaban J connectivity index is 3.66. The minimum absolute atomic E-state index is 0.357. The summed E-state index contributed by atoms with van der Waals surface area (Å²) < 4.78 is 0. The van der Waals surface area contributed by atoms with E-state index in [4.69, 9.17) is 0 Å². The lowest BCUT2D eigenvalue weighted by atomic mass is 10.00. The summed E-state index contributed by atoms with van der Waals surface area (Å²) in [6.07, 6.45) is 83.3. The van der Waals surface area contributed by atoms with Crippen molar-refractivity contribution in [2.24, 2.45) is 0 Å². The number of carbonyl (C=O) groups excluding carboxylic acids is 1. The third-order valence-corrected chi connectivity index (χ3v) is 15.4. The van der Waals surface area contributed by atoms with Crippen molar-refractivity contribution in [3.8, 4) is 0 Å². The third-order valence-electron chi connectivity index (χ3n) is 15.4. The summed E-state index contributed by atoms with van der Waals surface area (Å²) in [4.78, 5) is 12.6. The summed E-state index contributed by atoms with van der Waals surface area (Å²) in [7, 11) is 0. The van der Waals surface area contributed by atoms with Crippen molar-refractivity contribution in [2.45, 2.75) is 366 Å². The van der Waals surface area contributed by atoms with Crippen molar-refractivity contribution in [1.29, 1.82) is 0 Å². The molecule has 4 atom stereocenters. The van der Waals surface area contributed by atoms with Gasteiger partial charge in [-0.3, -0.25) is 4.79 Å². The Morgan fingerprint density at radius 2 is 0.600 bits per heavy atom. The molecule has 0 saturated heterocycles. The smallest absolute Gasteiger partial charge is 0.249 e. The molecule has 440 valence electrons. The fourth-order valence-electron chi connectivity index (χ4n) is 10.2. The first-order valence-electron chi connectivity index (χ1n) is 33.2. The molecule has 0 aliphatic carbocycles. The fraction of sp³-hybridized carbons (Fsp3) is 0.841. The molecule has 5 N–H and O–H groups in total. The van der Waals surface area contributed by atoms with Crippen molar-refractivity contribution in [3.63, 3.8) is 0 Å². The number of hydrogen-bond acceptors (Lipinski definition) is 5. The molecule has 1 amide bonds. The molecular weight excluding hydrogens is 923 g/mol. The monoisotopic (exact) mass is 1050 g/mol. The average Bonchev–Trinajstić information content (AvgIpc) is 3.42. The Morgan fingerprint density at radius 1 is 0.333 bits per heavy atom. The highest BCUT2D eigenvalue weighted by molar-refractivity contribution is 5.80. The summed E-state index contributed by atoms with van der Waals surface area (Å²) in [5.41, 5.74) is 0.